The van der Waals surface area contributed by atoms with Gasteiger partial charge in [-0.05, 0) is 38.8 Å². The van der Waals surface area contributed by atoms with Crippen LogP contribution >= 0.6 is 0 Å². The molecule has 1 fully saturated rings. The highest BCUT2D eigenvalue weighted by Crippen LogP contribution is 2.21. The summed E-state index contributed by atoms with van der Waals surface area (Å²) < 4.78 is 5.38. The Bertz CT molecular complexity index is 398. The maximum Gasteiger partial charge on any atom is 0.257 e. The van der Waals surface area contributed by atoms with Gasteiger partial charge in [-0.3, -0.25) is 4.79 Å². The Morgan fingerprint density at radius 1 is 1.62 bits per heavy atom. The predicted molar refractivity (Wildman–Crippen MR) is 61.2 cm³/mol. The van der Waals surface area contributed by atoms with Crippen LogP contribution in [-0.4, -0.2) is 30.4 Å². The van der Waals surface area contributed by atoms with Crippen LogP contribution in [0.15, 0.2) is 10.5 Å². The van der Waals surface area contributed by atoms with Gasteiger partial charge in [0.25, 0.3) is 5.91 Å². The molecule has 1 aromatic heterocycles. The zero-order valence-corrected chi connectivity index (χ0v) is 9.82. The molecule has 2 rings (SSSR count). The smallest absolute Gasteiger partial charge is 0.257 e. The lowest BCUT2D eigenvalue weighted by molar-refractivity contribution is 0.0786. The molecule has 1 atom stereocenters. The number of hydrogen-bond donors (Lipinski definition) is 1. The van der Waals surface area contributed by atoms with E-state index in [1.807, 2.05) is 24.8 Å². The molecular formula is C12H18N2O2. The summed E-state index contributed by atoms with van der Waals surface area (Å²) >= 11 is 0. The summed E-state index contributed by atoms with van der Waals surface area (Å²) in [6.07, 6.45) is 1.01. The van der Waals surface area contributed by atoms with Crippen LogP contribution in [0.5, 0.6) is 0 Å². The van der Waals surface area contributed by atoms with E-state index in [1.54, 1.807) is 0 Å². The van der Waals surface area contributed by atoms with Crippen molar-refractivity contribution in [1.29, 1.82) is 0 Å². The summed E-state index contributed by atoms with van der Waals surface area (Å²) in [5, 5.41) is 0. The zero-order chi connectivity index (χ0) is 11.7. The highest BCUT2D eigenvalue weighted by atomic mass is 16.3. The summed E-state index contributed by atoms with van der Waals surface area (Å²) in [6, 6.07) is 1.81. The maximum absolute atomic E-state index is 12.2. The van der Waals surface area contributed by atoms with Gasteiger partial charge >= 0.3 is 0 Å². The number of aryl methyl sites for hydroxylation is 2. The molecule has 1 saturated heterocycles. The summed E-state index contributed by atoms with van der Waals surface area (Å²) in [4.78, 5) is 14.0. The van der Waals surface area contributed by atoms with Gasteiger partial charge in [0, 0.05) is 13.1 Å². The molecule has 4 nitrogen and oxygen atoms in total. The van der Waals surface area contributed by atoms with E-state index in [-0.39, 0.29) is 5.91 Å². The van der Waals surface area contributed by atoms with Gasteiger partial charge in [-0.1, -0.05) is 0 Å². The SMILES string of the molecule is Cc1cc(C(=O)N2CCC(CN)C2)c(C)o1. The molecule has 1 aliphatic rings. The third kappa shape index (κ3) is 1.97. The van der Waals surface area contributed by atoms with Crippen molar-refractivity contribution in [2.45, 2.75) is 20.3 Å². The fourth-order valence-electron chi connectivity index (χ4n) is 2.22. The number of hydrogen-bond acceptors (Lipinski definition) is 3. The number of furan rings is 1. The summed E-state index contributed by atoms with van der Waals surface area (Å²) in [5.41, 5.74) is 6.30. The van der Waals surface area contributed by atoms with Crippen molar-refractivity contribution in [2.24, 2.45) is 11.7 Å². The van der Waals surface area contributed by atoms with Crippen LogP contribution in [0.3, 0.4) is 0 Å². The van der Waals surface area contributed by atoms with E-state index in [1.165, 1.54) is 0 Å². The van der Waals surface area contributed by atoms with Crippen LogP contribution in [0, 0.1) is 19.8 Å². The van der Waals surface area contributed by atoms with Gasteiger partial charge in [0.05, 0.1) is 5.56 Å². The van der Waals surface area contributed by atoms with Crippen molar-refractivity contribution in [3.63, 3.8) is 0 Å². The Morgan fingerprint density at radius 3 is 2.88 bits per heavy atom. The first-order chi connectivity index (χ1) is 7.61. The lowest BCUT2D eigenvalue weighted by Crippen LogP contribution is -2.29. The normalized spacial score (nSPS) is 20.4. The third-order valence-corrected chi connectivity index (χ3v) is 3.18. The van der Waals surface area contributed by atoms with Gasteiger partial charge in [-0.2, -0.15) is 0 Å². The molecule has 1 unspecified atom stereocenters. The fourth-order valence-corrected chi connectivity index (χ4v) is 2.22. The molecule has 2 N–H and O–H groups in total. The van der Waals surface area contributed by atoms with Crippen molar-refractivity contribution in [2.75, 3.05) is 19.6 Å². The summed E-state index contributed by atoms with van der Waals surface area (Å²) in [7, 11) is 0. The van der Waals surface area contributed by atoms with Crippen molar-refractivity contribution >= 4 is 5.91 Å². The maximum atomic E-state index is 12.2. The van der Waals surface area contributed by atoms with E-state index in [0.29, 0.717) is 23.8 Å². The number of carbonyl (C=O) groups is 1. The van der Waals surface area contributed by atoms with Gasteiger partial charge in [-0.15, -0.1) is 0 Å². The van der Waals surface area contributed by atoms with Crippen molar-refractivity contribution in [3.05, 3.63) is 23.2 Å². The second-order valence-corrected chi connectivity index (χ2v) is 4.47. The van der Waals surface area contributed by atoms with Crippen LogP contribution in [0.4, 0.5) is 0 Å². The first-order valence-corrected chi connectivity index (χ1v) is 5.68. The number of likely N-dealkylation sites (tertiary alicyclic amines) is 1. The van der Waals surface area contributed by atoms with Crippen LogP contribution in [0.25, 0.3) is 0 Å². The molecule has 2 heterocycles. The lowest BCUT2D eigenvalue weighted by Gasteiger charge is -2.15. The number of carbonyl (C=O) groups excluding carboxylic acids is 1. The first-order valence-electron chi connectivity index (χ1n) is 5.68. The van der Waals surface area contributed by atoms with Crippen molar-refractivity contribution in [3.8, 4) is 0 Å². The summed E-state index contributed by atoms with van der Waals surface area (Å²) in [6.45, 7) is 5.93. The van der Waals surface area contributed by atoms with E-state index in [2.05, 4.69) is 0 Å². The highest BCUT2D eigenvalue weighted by Gasteiger charge is 2.27. The minimum Gasteiger partial charge on any atom is -0.466 e. The molecule has 0 radical (unpaired) electrons. The molecular weight excluding hydrogens is 204 g/mol. The Morgan fingerprint density at radius 2 is 2.38 bits per heavy atom. The minimum atomic E-state index is 0.0744. The molecule has 0 spiro atoms. The molecule has 1 aromatic rings. The van der Waals surface area contributed by atoms with E-state index in [0.717, 1.165) is 25.3 Å². The quantitative estimate of drug-likeness (QED) is 0.821. The second kappa shape index (κ2) is 4.29. The van der Waals surface area contributed by atoms with Gasteiger partial charge in [0.1, 0.15) is 11.5 Å². The van der Waals surface area contributed by atoms with Crippen LogP contribution in [0.2, 0.25) is 0 Å². The molecule has 16 heavy (non-hydrogen) atoms. The number of amides is 1. The molecule has 1 aliphatic heterocycles. The molecule has 0 bridgehead atoms. The Kier molecular flexibility index (Phi) is 3.01. The van der Waals surface area contributed by atoms with Crippen molar-refractivity contribution in [1.82, 2.24) is 4.90 Å². The topological polar surface area (TPSA) is 59.5 Å². The monoisotopic (exact) mass is 222 g/mol. The Balaban J connectivity index is 2.11. The second-order valence-electron chi connectivity index (χ2n) is 4.47. The highest BCUT2D eigenvalue weighted by molar-refractivity contribution is 5.95. The molecule has 0 aliphatic carbocycles. The molecule has 4 heteroatoms. The average Bonchev–Trinajstić information content (AvgIpc) is 2.84. The molecule has 0 aromatic carbocycles. The average molecular weight is 222 g/mol. The Hall–Kier alpha value is -1.29. The van der Waals surface area contributed by atoms with Gasteiger partial charge in [0.2, 0.25) is 0 Å². The minimum absolute atomic E-state index is 0.0744. The van der Waals surface area contributed by atoms with E-state index in [4.69, 9.17) is 10.2 Å². The standard InChI is InChI=1S/C12H18N2O2/c1-8-5-11(9(2)16-8)12(15)14-4-3-10(6-13)7-14/h5,10H,3-4,6-7,13H2,1-2H3. The van der Waals surface area contributed by atoms with E-state index in [9.17, 15) is 4.79 Å². The Labute approximate surface area is 95.4 Å². The first kappa shape index (κ1) is 11.2. The number of rotatable bonds is 2. The van der Waals surface area contributed by atoms with Crippen LogP contribution in [-0.2, 0) is 0 Å². The van der Waals surface area contributed by atoms with E-state index < -0.39 is 0 Å². The van der Waals surface area contributed by atoms with Crippen LogP contribution in [0.1, 0.15) is 28.3 Å². The fraction of sp³-hybridized carbons (Fsp3) is 0.583. The number of nitrogens with zero attached hydrogens (tertiary/aromatic N) is 1. The van der Waals surface area contributed by atoms with Gasteiger partial charge in [-0.25, -0.2) is 0 Å². The summed E-state index contributed by atoms with van der Waals surface area (Å²) in [5.74, 6) is 2.02. The van der Waals surface area contributed by atoms with Gasteiger partial charge in [0.15, 0.2) is 0 Å². The molecule has 1 amide bonds. The van der Waals surface area contributed by atoms with Crippen LogP contribution < -0.4 is 5.73 Å². The molecule has 0 saturated carbocycles. The zero-order valence-electron chi connectivity index (χ0n) is 9.82. The molecule has 88 valence electrons. The van der Waals surface area contributed by atoms with Gasteiger partial charge < -0.3 is 15.1 Å². The number of nitrogens with two attached hydrogens (primary N) is 1. The van der Waals surface area contributed by atoms with E-state index >= 15 is 0 Å². The lowest BCUT2D eigenvalue weighted by atomic mass is 10.1. The largest absolute Gasteiger partial charge is 0.466 e. The van der Waals surface area contributed by atoms with Crippen molar-refractivity contribution < 1.29 is 9.21 Å². The predicted octanol–water partition coefficient (Wildman–Crippen LogP) is 1.32. The third-order valence-electron chi connectivity index (χ3n) is 3.18.